The van der Waals surface area contributed by atoms with Crippen molar-refractivity contribution >= 4 is 34.6 Å². The van der Waals surface area contributed by atoms with Gasteiger partial charge in [-0.05, 0) is 53.7 Å². The first kappa shape index (κ1) is 16.3. The number of carbonyl (C=O) groups excluding carboxylic acids is 1. The van der Waals surface area contributed by atoms with Crippen molar-refractivity contribution in [1.29, 1.82) is 0 Å². The maximum absolute atomic E-state index is 12.8. The Morgan fingerprint density at radius 3 is 2.62 bits per heavy atom. The second-order valence-corrected chi connectivity index (χ2v) is 5.83. The zero-order valence-electron chi connectivity index (χ0n) is 12.0. The number of alkyl halides is 3. The zero-order valence-corrected chi connectivity index (χ0v) is 12.9. The fourth-order valence-corrected chi connectivity index (χ4v) is 2.74. The number of halogens is 3. The van der Waals surface area contributed by atoms with Crippen LogP contribution < -0.4 is 5.32 Å². The molecule has 24 heavy (non-hydrogen) atoms. The predicted octanol–water partition coefficient (Wildman–Crippen LogP) is 4.63. The third-order valence-corrected chi connectivity index (χ3v) is 3.89. The molecule has 0 unspecified atom stereocenters. The van der Waals surface area contributed by atoms with Crippen molar-refractivity contribution in [3.8, 4) is 0 Å². The van der Waals surface area contributed by atoms with Gasteiger partial charge in [-0.25, -0.2) is 4.99 Å². The van der Waals surface area contributed by atoms with Crippen LogP contribution in [0.25, 0.3) is 6.08 Å². The van der Waals surface area contributed by atoms with Crippen molar-refractivity contribution in [2.75, 3.05) is 0 Å². The van der Waals surface area contributed by atoms with Gasteiger partial charge < -0.3 is 5.32 Å². The summed E-state index contributed by atoms with van der Waals surface area (Å²) in [5.41, 5.74) is 0.130. The number of rotatable bonds is 2. The number of pyridine rings is 1. The number of hydrogen-bond donors (Lipinski definition) is 1. The van der Waals surface area contributed by atoms with E-state index in [1.54, 1.807) is 30.6 Å². The lowest BCUT2D eigenvalue weighted by molar-refractivity contribution is -0.137. The van der Waals surface area contributed by atoms with Gasteiger partial charge in [0.25, 0.3) is 5.24 Å². The summed E-state index contributed by atoms with van der Waals surface area (Å²) >= 11 is 0.935. The number of aromatic nitrogens is 1. The lowest BCUT2D eigenvalue weighted by atomic mass is 10.2. The monoisotopic (exact) mass is 349 g/mol. The lowest BCUT2D eigenvalue weighted by Gasteiger charge is -2.07. The molecule has 2 heterocycles. The van der Waals surface area contributed by atoms with E-state index in [9.17, 15) is 18.0 Å². The Morgan fingerprint density at radius 2 is 1.92 bits per heavy atom. The standard InChI is InChI=1S/C16H10F3N3OS/c17-16(18,19)11-2-1-3-12(9-11)21-14-13(24-15(23)22-14)8-10-4-6-20-7-5-10/h1-9H,(H,21,22,23)/b13-8+. The molecular weight excluding hydrogens is 339 g/mol. The second kappa shape index (κ2) is 6.48. The molecule has 2 aromatic rings. The highest BCUT2D eigenvalue weighted by molar-refractivity contribution is 8.18. The average molecular weight is 349 g/mol. The number of nitrogens with zero attached hydrogens (tertiary/aromatic N) is 2. The van der Waals surface area contributed by atoms with Crippen molar-refractivity contribution in [2.24, 2.45) is 4.99 Å². The van der Waals surface area contributed by atoms with Gasteiger partial charge in [0.2, 0.25) is 0 Å². The Morgan fingerprint density at radius 1 is 1.17 bits per heavy atom. The summed E-state index contributed by atoms with van der Waals surface area (Å²) in [7, 11) is 0. The molecule has 1 aromatic heterocycles. The number of carbonyl (C=O) groups is 1. The highest BCUT2D eigenvalue weighted by Crippen LogP contribution is 2.33. The van der Waals surface area contributed by atoms with E-state index >= 15 is 0 Å². The number of benzene rings is 1. The topological polar surface area (TPSA) is 54.4 Å². The van der Waals surface area contributed by atoms with Crippen LogP contribution in [0.3, 0.4) is 0 Å². The number of amidine groups is 1. The summed E-state index contributed by atoms with van der Waals surface area (Å²) in [5.74, 6) is 0.223. The van der Waals surface area contributed by atoms with E-state index in [1.807, 2.05) is 0 Å². The first-order chi connectivity index (χ1) is 11.4. The van der Waals surface area contributed by atoms with Crippen molar-refractivity contribution in [1.82, 2.24) is 10.3 Å². The molecule has 0 spiro atoms. The van der Waals surface area contributed by atoms with Gasteiger partial charge in [-0.1, -0.05) is 6.07 Å². The van der Waals surface area contributed by atoms with Crippen LogP contribution in [0.4, 0.5) is 23.7 Å². The van der Waals surface area contributed by atoms with E-state index < -0.39 is 11.7 Å². The molecule has 0 saturated carbocycles. The van der Waals surface area contributed by atoms with Crippen LogP contribution in [-0.4, -0.2) is 16.1 Å². The normalized spacial score (nSPS) is 18.2. The fraction of sp³-hybridized carbons (Fsp3) is 0.0625. The molecule has 1 aliphatic rings. The van der Waals surface area contributed by atoms with Crippen molar-refractivity contribution in [3.05, 3.63) is 64.8 Å². The third-order valence-electron chi connectivity index (χ3n) is 3.07. The Hall–Kier alpha value is -2.61. The average Bonchev–Trinajstić information content (AvgIpc) is 2.87. The lowest BCUT2D eigenvalue weighted by Crippen LogP contribution is -2.18. The molecule has 1 N–H and O–H groups in total. The molecule has 122 valence electrons. The Balaban J connectivity index is 1.96. The molecular formula is C16H10F3N3OS. The SMILES string of the molecule is O=C1NC(=Nc2cccc(C(F)(F)F)c2)/C(=C\c2ccncc2)S1. The first-order valence-electron chi connectivity index (χ1n) is 6.79. The molecule has 8 heteroatoms. The predicted molar refractivity (Wildman–Crippen MR) is 86.9 cm³/mol. The zero-order chi connectivity index (χ0) is 17.2. The maximum Gasteiger partial charge on any atom is 0.416 e. The van der Waals surface area contributed by atoms with Crippen LogP contribution in [0.5, 0.6) is 0 Å². The van der Waals surface area contributed by atoms with Gasteiger partial charge in [0.15, 0.2) is 0 Å². The van der Waals surface area contributed by atoms with Gasteiger partial charge in [-0.15, -0.1) is 0 Å². The van der Waals surface area contributed by atoms with Crippen molar-refractivity contribution in [2.45, 2.75) is 6.18 Å². The minimum atomic E-state index is -4.44. The van der Waals surface area contributed by atoms with Gasteiger partial charge in [-0.3, -0.25) is 9.78 Å². The van der Waals surface area contributed by atoms with E-state index in [2.05, 4.69) is 15.3 Å². The quantitative estimate of drug-likeness (QED) is 0.860. The molecule has 4 nitrogen and oxygen atoms in total. The second-order valence-electron chi connectivity index (χ2n) is 4.81. The highest BCUT2D eigenvalue weighted by Gasteiger charge is 2.30. The Bertz CT molecular complexity index is 832. The number of aliphatic imine (C=N–C) groups is 1. The number of hydrogen-bond acceptors (Lipinski definition) is 4. The smallest absolute Gasteiger partial charge is 0.300 e. The van der Waals surface area contributed by atoms with Crippen LogP contribution in [0, 0.1) is 0 Å². The van der Waals surface area contributed by atoms with Crippen LogP contribution in [-0.2, 0) is 6.18 Å². The van der Waals surface area contributed by atoms with E-state index in [4.69, 9.17) is 0 Å². The first-order valence-corrected chi connectivity index (χ1v) is 7.60. The van der Waals surface area contributed by atoms with Crippen LogP contribution in [0.15, 0.2) is 58.7 Å². The largest absolute Gasteiger partial charge is 0.416 e. The summed E-state index contributed by atoms with van der Waals surface area (Å²) in [6.45, 7) is 0. The highest BCUT2D eigenvalue weighted by atomic mass is 32.2. The fourth-order valence-electron chi connectivity index (χ4n) is 2.00. The third kappa shape index (κ3) is 3.83. The summed E-state index contributed by atoms with van der Waals surface area (Å²) in [6.07, 6.45) is 0.478. The molecule has 0 radical (unpaired) electrons. The molecule has 1 aromatic carbocycles. The molecule has 3 rings (SSSR count). The van der Waals surface area contributed by atoms with Gasteiger partial charge in [0.05, 0.1) is 16.2 Å². The molecule has 1 aliphatic heterocycles. The van der Waals surface area contributed by atoms with Gasteiger partial charge >= 0.3 is 6.18 Å². The van der Waals surface area contributed by atoms with Gasteiger partial charge in [0.1, 0.15) is 5.84 Å². The Kier molecular flexibility index (Phi) is 4.39. The molecule has 1 amide bonds. The van der Waals surface area contributed by atoms with E-state index in [0.29, 0.717) is 4.91 Å². The van der Waals surface area contributed by atoms with Gasteiger partial charge in [-0.2, -0.15) is 13.2 Å². The summed E-state index contributed by atoms with van der Waals surface area (Å²) in [4.78, 5) is 20.2. The van der Waals surface area contributed by atoms with E-state index in [1.165, 1.54) is 12.1 Å². The maximum atomic E-state index is 12.8. The van der Waals surface area contributed by atoms with Crippen LogP contribution in [0.2, 0.25) is 0 Å². The van der Waals surface area contributed by atoms with Gasteiger partial charge in [0, 0.05) is 12.4 Å². The molecule has 0 aliphatic carbocycles. The molecule has 1 saturated heterocycles. The number of thioether (sulfide) groups is 1. The van der Waals surface area contributed by atoms with Crippen molar-refractivity contribution in [3.63, 3.8) is 0 Å². The summed E-state index contributed by atoms with van der Waals surface area (Å²) in [6, 6.07) is 8.13. The summed E-state index contributed by atoms with van der Waals surface area (Å²) in [5, 5.41) is 2.21. The summed E-state index contributed by atoms with van der Waals surface area (Å²) < 4.78 is 38.3. The molecule has 0 bridgehead atoms. The molecule has 0 atom stereocenters. The van der Waals surface area contributed by atoms with Crippen LogP contribution >= 0.6 is 11.8 Å². The minimum absolute atomic E-state index is 0.114. The number of amides is 1. The Labute approximate surface area is 139 Å². The van der Waals surface area contributed by atoms with Crippen molar-refractivity contribution < 1.29 is 18.0 Å². The van der Waals surface area contributed by atoms with E-state index in [0.717, 1.165) is 29.5 Å². The number of nitrogens with one attached hydrogen (secondary N) is 1. The molecule has 1 fully saturated rings. The van der Waals surface area contributed by atoms with Crippen LogP contribution in [0.1, 0.15) is 11.1 Å². The minimum Gasteiger partial charge on any atom is -0.300 e. The van der Waals surface area contributed by atoms with E-state index in [-0.39, 0.29) is 16.8 Å².